The molecule has 0 aliphatic rings. The first-order chi connectivity index (χ1) is 9.60. The molecule has 0 fully saturated rings. The summed E-state index contributed by atoms with van der Waals surface area (Å²) in [5.74, 6) is -0.491. The van der Waals surface area contributed by atoms with Crippen molar-refractivity contribution in [1.29, 1.82) is 0 Å². The summed E-state index contributed by atoms with van der Waals surface area (Å²) in [6.45, 7) is 8.73. The van der Waals surface area contributed by atoms with Gasteiger partial charge >= 0.3 is 5.97 Å². The van der Waals surface area contributed by atoms with Crippen molar-refractivity contribution in [1.82, 2.24) is 10.6 Å². The van der Waals surface area contributed by atoms with E-state index >= 15 is 0 Å². The Morgan fingerprint density at radius 1 is 1.10 bits per heavy atom. The second kappa shape index (κ2) is 12.9. The van der Waals surface area contributed by atoms with Crippen LogP contribution in [-0.4, -0.2) is 50.8 Å². The highest BCUT2D eigenvalue weighted by Gasteiger charge is 2.06. The number of rotatable bonds is 12. The summed E-state index contributed by atoms with van der Waals surface area (Å²) >= 11 is 0. The summed E-state index contributed by atoms with van der Waals surface area (Å²) < 4.78 is 10.1. The van der Waals surface area contributed by atoms with E-state index in [9.17, 15) is 9.59 Å². The lowest BCUT2D eigenvalue weighted by molar-refractivity contribution is -0.144. The standard InChI is InChI=1S/C14H28N2O4/c1-4-12(3)15-8-10-19-11-9-16-13(17)6-7-14(18)20-5-2/h12,15H,4-11H2,1-3H3,(H,16,17). The minimum atomic E-state index is -0.338. The van der Waals surface area contributed by atoms with Gasteiger partial charge in [-0.15, -0.1) is 0 Å². The zero-order valence-corrected chi connectivity index (χ0v) is 12.9. The zero-order valence-electron chi connectivity index (χ0n) is 12.9. The van der Waals surface area contributed by atoms with Crippen molar-refractivity contribution >= 4 is 11.9 Å². The van der Waals surface area contributed by atoms with Gasteiger partial charge in [-0.25, -0.2) is 0 Å². The smallest absolute Gasteiger partial charge is 0.306 e. The number of amides is 1. The van der Waals surface area contributed by atoms with Gasteiger partial charge in [0, 0.05) is 25.6 Å². The van der Waals surface area contributed by atoms with Gasteiger partial charge in [-0.1, -0.05) is 6.92 Å². The van der Waals surface area contributed by atoms with Crippen molar-refractivity contribution in [2.45, 2.75) is 46.1 Å². The molecule has 2 N–H and O–H groups in total. The van der Waals surface area contributed by atoms with Gasteiger partial charge in [-0.3, -0.25) is 9.59 Å². The van der Waals surface area contributed by atoms with Crippen LogP contribution in [0.5, 0.6) is 0 Å². The minimum Gasteiger partial charge on any atom is -0.466 e. The van der Waals surface area contributed by atoms with Gasteiger partial charge in [0.1, 0.15) is 0 Å². The summed E-state index contributed by atoms with van der Waals surface area (Å²) in [5.41, 5.74) is 0. The molecule has 1 atom stereocenters. The third kappa shape index (κ3) is 11.9. The van der Waals surface area contributed by atoms with Gasteiger partial charge in [-0.2, -0.15) is 0 Å². The Hall–Kier alpha value is -1.14. The lowest BCUT2D eigenvalue weighted by Crippen LogP contribution is -2.31. The van der Waals surface area contributed by atoms with Crippen molar-refractivity contribution in [3.63, 3.8) is 0 Å². The molecule has 0 heterocycles. The van der Waals surface area contributed by atoms with E-state index in [1.807, 2.05) is 0 Å². The molecule has 1 amide bonds. The second-order valence-corrected chi connectivity index (χ2v) is 4.53. The SMILES string of the molecule is CCOC(=O)CCC(=O)NCCOCCNC(C)CC. The molecule has 0 bridgehead atoms. The number of esters is 1. The van der Waals surface area contributed by atoms with E-state index in [2.05, 4.69) is 24.5 Å². The van der Waals surface area contributed by atoms with E-state index in [4.69, 9.17) is 9.47 Å². The third-order valence-corrected chi connectivity index (χ3v) is 2.78. The Morgan fingerprint density at radius 2 is 1.80 bits per heavy atom. The Morgan fingerprint density at radius 3 is 2.45 bits per heavy atom. The van der Waals surface area contributed by atoms with Crippen LogP contribution in [0.15, 0.2) is 0 Å². The van der Waals surface area contributed by atoms with Crippen LogP contribution in [0.3, 0.4) is 0 Å². The normalized spacial score (nSPS) is 11.9. The van der Waals surface area contributed by atoms with E-state index in [-0.39, 0.29) is 24.7 Å². The average Bonchev–Trinajstić information content (AvgIpc) is 2.44. The minimum absolute atomic E-state index is 0.124. The molecule has 0 rings (SSSR count). The van der Waals surface area contributed by atoms with Crippen LogP contribution in [0.1, 0.15) is 40.0 Å². The molecule has 0 aromatic rings. The van der Waals surface area contributed by atoms with E-state index < -0.39 is 0 Å². The fourth-order valence-electron chi connectivity index (χ4n) is 1.42. The molecule has 20 heavy (non-hydrogen) atoms. The number of hydrogen-bond donors (Lipinski definition) is 2. The maximum atomic E-state index is 11.4. The van der Waals surface area contributed by atoms with Gasteiger partial charge in [0.05, 0.1) is 26.2 Å². The van der Waals surface area contributed by atoms with Crippen LogP contribution in [0.25, 0.3) is 0 Å². The first kappa shape index (κ1) is 18.9. The third-order valence-electron chi connectivity index (χ3n) is 2.78. The summed E-state index contributed by atoms with van der Waals surface area (Å²) in [6, 6.07) is 0.501. The van der Waals surface area contributed by atoms with Crippen LogP contribution < -0.4 is 10.6 Å². The number of nitrogens with one attached hydrogen (secondary N) is 2. The first-order valence-corrected chi connectivity index (χ1v) is 7.33. The van der Waals surface area contributed by atoms with Crippen LogP contribution in [0, 0.1) is 0 Å². The molecule has 0 aliphatic carbocycles. The highest BCUT2D eigenvalue weighted by Crippen LogP contribution is 1.92. The molecule has 6 heteroatoms. The predicted molar refractivity (Wildman–Crippen MR) is 77.5 cm³/mol. The van der Waals surface area contributed by atoms with Crippen LogP contribution in [0.2, 0.25) is 0 Å². The lowest BCUT2D eigenvalue weighted by Gasteiger charge is -2.11. The summed E-state index contributed by atoms with van der Waals surface area (Å²) in [4.78, 5) is 22.4. The number of carbonyl (C=O) groups excluding carboxylic acids is 2. The van der Waals surface area contributed by atoms with Gasteiger partial charge in [0.2, 0.25) is 5.91 Å². The van der Waals surface area contributed by atoms with Gasteiger partial charge < -0.3 is 20.1 Å². The molecular formula is C14H28N2O4. The number of ether oxygens (including phenoxy) is 2. The van der Waals surface area contributed by atoms with E-state index in [0.29, 0.717) is 32.4 Å². The van der Waals surface area contributed by atoms with Gasteiger partial charge in [0.25, 0.3) is 0 Å². The van der Waals surface area contributed by atoms with Crippen molar-refractivity contribution in [2.24, 2.45) is 0 Å². The Labute approximate surface area is 121 Å². The van der Waals surface area contributed by atoms with Gasteiger partial charge in [-0.05, 0) is 20.3 Å². The molecule has 0 spiro atoms. The molecule has 0 aromatic carbocycles. The van der Waals surface area contributed by atoms with Crippen LogP contribution >= 0.6 is 0 Å². The molecule has 1 unspecified atom stereocenters. The molecule has 0 aliphatic heterocycles. The molecule has 0 radical (unpaired) electrons. The highest BCUT2D eigenvalue weighted by atomic mass is 16.5. The van der Waals surface area contributed by atoms with E-state index in [0.717, 1.165) is 13.0 Å². The second-order valence-electron chi connectivity index (χ2n) is 4.53. The Kier molecular flexibility index (Phi) is 12.1. The number of carbonyl (C=O) groups is 2. The summed E-state index contributed by atoms with van der Waals surface area (Å²) in [7, 11) is 0. The fraction of sp³-hybridized carbons (Fsp3) is 0.857. The molecule has 118 valence electrons. The van der Waals surface area contributed by atoms with Crippen molar-refractivity contribution in [3.05, 3.63) is 0 Å². The maximum Gasteiger partial charge on any atom is 0.306 e. The molecular weight excluding hydrogens is 260 g/mol. The molecule has 6 nitrogen and oxygen atoms in total. The predicted octanol–water partition coefficient (Wildman–Crippen LogP) is 0.851. The first-order valence-electron chi connectivity index (χ1n) is 7.33. The molecule has 0 aromatic heterocycles. The van der Waals surface area contributed by atoms with Crippen molar-refractivity contribution in [3.8, 4) is 0 Å². The average molecular weight is 288 g/mol. The summed E-state index contributed by atoms with van der Waals surface area (Å²) in [5, 5.41) is 6.01. The summed E-state index contributed by atoms with van der Waals surface area (Å²) in [6.07, 6.45) is 1.38. The Bertz CT molecular complexity index is 272. The highest BCUT2D eigenvalue weighted by molar-refractivity contribution is 5.81. The van der Waals surface area contributed by atoms with Crippen molar-refractivity contribution < 1.29 is 19.1 Å². The number of hydrogen-bond acceptors (Lipinski definition) is 5. The zero-order chi connectivity index (χ0) is 15.2. The fourth-order valence-corrected chi connectivity index (χ4v) is 1.42. The monoisotopic (exact) mass is 288 g/mol. The van der Waals surface area contributed by atoms with E-state index in [1.165, 1.54) is 0 Å². The maximum absolute atomic E-state index is 11.4. The molecule has 0 saturated heterocycles. The Balaban J connectivity index is 3.33. The van der Waals surface area contributed by atoms with Crippen LogP contribution in [-0.2, 0) is 19.1 Å². The topological polar surface area (TPSA) is 76.7 Å². The quantitative estimate of drug-likeness (QED) is 0.411. The van der Waals surface area contributed by atoms with E-state index in [1.54, 1.807) is 6.92 Å². The largest absolute Gasteiger partial charge is 0.466 e. The van der Waals surface area contributed by atoms with Crippen LogP contribution in [0.4, 0.5) is 0 Å². The van der Waals surface area contributed by atoms with Crippen molar-refractivity contribution in [2.75, 3.05) is 32.9 Å². The lowest BCUT2D eigenvalue weighted by atomic mass is 10.3. The van der Waals surface area contributed by atoms with Gasteiger partial charge in [0.15, 0.2) is 0 Å². The molecule has 0 saturated carbocycles.